The van der Waals surface area contributed by atoms with Crippen LogP contribution in [-0.4, -0.2) is 64.2 Å². The van der Waals surface area contributed by atoms with E-state index in [0.29, 0.717) is 18.5 Å². The first-order valence-corrected chi connectivity index (χ1v) is 9.71. The number of aryl methyl sites for hydroxylation is 1. The van der Waals surface area contributed by atoms with Gasteiger partial charge in [-0.05, 0) is 36.6 Å². The number of likely N-dealkylation sites (tertiary alicyclic amines) is 1. The molecule has 2 aliphatic heterocycles. The Labute approximate surface area is 159 Å². The van der Waals surface area contributed by atoms with Crippen molar-refractivity contribution in [2.24, 2.45) is 0 Å². The molecule has 1 aliphatic carbocycles. The first kappa shape index (κ1) is 18.1. The summed E-state index contributed by atoms with van der Waals surface area (Å²) in [5, 5.41) is 23.7. The van der Waals surface area contributed by atoms with Crippen LogP contribution in [0.4, 0.5) is 0 Å². The second-order valence-corrected chi connectivity index (χ2v) is 7.69. The van der Waals surface area contributed by atoms with Crippen LogP contribution in [0, 0.1) is 0 Å². The zero-order valence-corrected chi connectivity index (χ0v) is 16.0. The molecule has 0 spiro atoms. The van der Waals surface area contributed by atoms with Gasteiger partial charge in [0, 0.05) is 44.5 Å². The van der Waals surface area contributed by atoms with Gasteiger partial charge >= 0.3 is 0 Å². The van der Waals surface area contributed by atoms with E-state index < -0.39 is 0 Å². The van der Waals surface area contributed by atoms with E-state index in [9.17, 15) is 15.0 Å². The van der Waals surface area contributed by atoms with Crippen LogP contribution in [0.5, 0.6) is 11.5 Å². The normalized spacial score (nSPS) is 24.9. The van der Waals surface area contributed by atoms with Crippen LogP contribution in [0.15, 0.2) is 35.6 Å². The third-order valence-electron chi connectivity index (χ3n) is 6.13. The van der Waals surface area contributed by atoms with Crippen molar-refractivity contribution < 1.29 is 15.0 Å². The number of rotatable bonds is 4. The highest BCUT2D eigenvalue weighted by Gasteiger charge is 2.51. The van der Waals surface area contributed by atoms with Gasteiger partial charge in [-0.3, -0.25) is 9.69 Å². The molecule has 6 nitrogen and oxygen atoms in total. The van der Waals surface area contributed by atoms with Gasteiger partial charge in [-0.2, -0.15) is 0 Å². The number of allylic oxidation sites excluding steroid dienone is 2. The van der Waals surface area contributed by atoms with Gasteiger partial charge in [0.1, 0.15) is 11.5 Å². The van der Waals surface area contributed by atoms with Crippen molar-refractivity contribution in [1.82, 2.24) is 15.1 Å². The van der Waals surface area contributed by atoms with Gasteiger partial charge in [-0.1, -0.05) is 19.4 Å². The molecule has 0 aromatic heterocycles. The number of piperazine rings is 1. The monoisotopic (exact) mass is 369 g/mol. The van der Waals surface area contributed by atoms with Gasteiger partial charge in [-0.15, -0.1) is 0 Å². The molecule has 27 heavy (non-hydrogen) atoms. The van der Waals surface area contributed by atoms with Gasteiger partial charge < -0.3 is 20.4 Å². The molecule has 0 radical (unpaired) electrons. The number of carbonyl (C=O) groups is 1. The lowest BCUT2D eigenvalue weighted by Gasteiger charge is -2.41. The summed E-state index contributed by atoms with van der Waals surface area (Å²) < 4.78 is 0. The van der Waals surface area contributed by atoms with Crippen LogP contribution in [-0.2, 0) is 6.42 Å². The summed E-state index contributed by atoms with van der Waals surface area (Å²) in [5.41, 5.74) is 2.90. The highest BCUT2D eigenvalue weighted by atomic mass is 16.3. The summed E-state index contributed by atoms with van der Waals surface area (Å²) in [4.78, 5) is 17.5. The number of carbonyl (C=O) groups excluding carboxylic acids is 1. The van der Waals surface area contributed by atoms with Crippen molar-refractivity contribution in [3.05, 3.63) is 46.7 Å². The standard InChI is InChI=1S/C21H27N3O3/c1-3-4-14-11-16(18(26)12-17(14)25)20(27)24-13-15-5-6-19(24)21(15,2)23-9-7-22-8-10-23/h5-6,11-12,22,25-26H,3-4,7-10,13H2,1-2H3. The zero-order valence-electron chi connectivity index (χ0n) is 16.0. The minimum Gasteiger partial charge on any atom is -0.508 e. The number of nitrogens with zero attached hydrogens (tertiary/aromatic N) is 2. The highest BCUT2D eigenvalue weighted by molar-refractivity contribution is 5.99. The Morgan fingerprint density at radius 1 is 1.19 bits per heavy atom. The van der Waals surface area contributed by atoms with Crippen LogP contribution in [0.2, 0.25) is 0 Å². The molecule has 1 unspecified atom stereocenters. The number of aromatic hydroxyl groups is 2. The van der Waals surface area contributed by atoms with Gasteiger partial charge in [-0.25, -0.2) is 0 Å². The third-order valence-corrected chi connectivity index (χ3v) is 6.13. The maximum absolute atomic E-state index is 13.3. The predicted octanol–water partition coefficient (Wildman–Crippen LogP) is 1.99. The summed E-state index contributed by atoms with van der Waals surface area (Å²) in [6.45, 7) is 8.54. The number of amides is 1. The molecule has 1 atom stereocenters. The average molecular weight is 369 g/mol. The molecule has 2 bridgehead atoms. The summed E-state index contributed by atoms with van der Waals surface area (Å²) in [7, 11) is 0. The first-order chi connectivity index (χ1) is 13.0. The quantitative estimate of drug-likeness (QED) is 0.757. The van der Waals surface area contributed by atoms with E-state index in [-0.39, 0.29) is 28.5 Å². The Hall–Kier alpha value is -2.31. The maximum Gasteiger partial charge on any atom is 0.262 e. The summed E-state index contributed by atoms with van der Waals surface area (Å²) in [6.07, 6.45) is 5.68. The van der Waals surface area contributed by atoms with Crippen LogP contribution in [0.3, 0.4) is 0 Å². The Balaban J connectivity index is 1.64. The topological polar surface area (TPSA) is 76.0 Å². The third kappa shape index (κ3) is 2.75. The number of benzene rings is 1. The molecule has 2 heterocycles. The first-order valence-electron chi connectivity index (χ1n) is 9.71. The Morgan fingerprint density at radius 2 is 1.93 bits per heavy atom. The van der Waals surface area contributed by atoms with Crippen molar-refractivity contribution in [2.75, 3.05) is 32.7 Å². The van der Waals surface area contributed by atoms with E-state index in [0.717, 1.165) is 38.3 Å². The zero-order chi connectivity index (χ0) is 19.2. The lowest BCUT2D eigenvalue weighted by molar-refractivity contribution is 0.0799. The van der Waals surface area contributed by atoms with E-state index >= 15 is 0 Å². The summed E-state index contributed by atoms with van der Waals surface area (Å²) in [6, 6.07) is 2.93. The lowest BCUT2D eigenvalue weighted by atomic mass is 9.93. The second-order valence-electron chi connectivity index (χ2n) is 7.69. The van der Waals surface area contributed by atoms with Crippen molar-refractivity contribution in [3.63, 3.8) is 0 Å². The molecule has 0 saturated carbocycles. The van der Waals surface area contributed by atoms with Gasteiger partial charge in [0.25, 0.3) is 5.91 Å². The van der Waals surface area contributed by atoms with E-state index in [1.54, 1.807) is 11.0 Å². The molecule has 144 valence electrons. The molecule has 1 amide bonds. The van der Waals surface area contributed by atoms with Crippen molar-refractivity contribution in [1.29, 1.82) is 0 Å². The molecule has 2 saturated heterocycles. The smallest absolute Gasteiger partial charge is 0.262 e. The number of fused-ring (bicyclic) bond motifs is 2. The predicted molar refractivity (Wildman–Crippen MR) is 104 cm³/mol. The van der Waals surface area contributed by atoms with Crippen molar-refractivity contribution in [3.8, 4) is 11.5 Å². The number of nitrogens with one attached hydrogen (secondary N) is 1. The molecule has 4 rings (SSSR count). The molecular weight excluding hydrogens is 342 g/mol. The summed E-state index contributed by atoms with van der Waals surface area (Å²) in [5.74, 6) is -0.333. The molecule has 1 aromatic rings. The van der Waals surface area contributed by atoms with Gasteiger partial charge in [0.2, 0.25) is 0 Å². The lowest BCUT2D eigenvalue weighted by Crippen LogP contribution is -2.55. The largest absolute Gasteiger partial charge is 0.508 e. The van der Waals surface area contributed by atoms with Crippen LogP contribution in [0.1, 0.15) is 36.2 Å². The van der Waals surface area contributed by atoms with Crippen molar-refractivity contribution in [2.45, 2.75) is 32.2 Å². The molecule has 3 N–H and O–H groups in total. The number of hydrogen-bond donors (Lipinski definition) is 3. The molecule has 6 heteroatoms. The number of phenolic OH excluding ortho intramolecular Hbond substituents is 2. The Morgan fingerprint density at radius 3 is 2.63 bits per heavy atom. The maximum atomic E-state index is 13.3. The van der Waals surface area contributed by atoms with E-state index in [1.807, 2.05) is 13.0 Å². The molecular formula is C21H27N3O3. The Bertz CT molecular complexity index is 839. The SMILES string of the molecule is CCCc1cc(C(=O)N2CC3=CC=C2C3(C)N2CCNCC2)c(O)cc1O. The highest BCUT2D eigenvalue weighted by Crippen LogP contribution is 2.46. The number of hydrogen-bond acceptors (Lipinski definition) is 5. The van der Waals surface area contributed by atoms with E-state index in [4.69, 9.17) is 0 Å². The van der Waals surface area contributed by atoms with E-state index in [2.05, 4.69) is 23.2 Å². The fraction of sp³-hybridized carbons (Fsp3) is 0.476. The van der Waals surface area contributed by atoms with Crippen molar-refractivity contribution >= 4 is 5.91 Å². The Kier molecular flexibility index (Phi) is 4.48. The molecule has 1 aromatic carbocycles. The van der Waals surface area contributed by atoms with Crippen LogP contribution < -0.4 is 5.32 Å². The minimum absolute atomic E-state index is 0.0430. The molecule has 3 aliphatic rings. The van der Waals surface area contributed by atoms with Crippen LogP contribution >= 0.6 is 0 Å². The fourth-order valence-electron chi connectivity index (χ4n) is 4.55. The minimum atomic E-state index is -0.253. The second kappa shape index (κ2) is 6.69. The molecule has 2 fully saturated rings. The van der Waals surface area contributed by atoms with E-state index in [1.165, 1.54) is 11.6 Å². The average Bonchev–Trinajstić information content (AvgIpc) is 3.15. The summed E-state index contributed by atoms with van der Waals surface area (Å²) >= 11 is 0. The number of phenols is 2. The van der Waals surface area contributed by atoms with Gasteiger partial charge in [0.05, 0.1) is 11.1 Å². The van der Waals surface area contributed by atoms with Gasteiger partial charge in [0.15, 0.2) is 0 Å². The fourth-order valence-corrected chi connectivity index (χ4v) is 4.55. The van der Waals surface area contributed by atoms with Crippen LogP contribution in [0.25, 0.3) is 0 Å².